The number of rotatable bonds is 44. The molecule has 1 unspecified atom stereocenters. The molecular weight excluding hydrogens is 1330 g/mol. The largest absolute Gasteiger partial charge is 0.549 e. The van der Waals surface area contributed by atoms with Crippen molar-refractivity contribution in [2.24, 2.45) is 5.41 Å². The highest BCUT2D eigenvalue weighted by Gasteiger charge is 2.49. The maximum absolute atomic E-state index is 16.0. The predicted octanol–water partition coefficient (Wildman–Crippen LogP) is -0.0539. The highest BCUT2D eigenvalue weighted by atomic mass is 32.2. The molecule has 1 aliphatic rings. The van der Waals surface area contributed by atoms with Crippen LogP contribution in [0.5, 0.6) is 0 Å². The summed E-state index contributed by atoms with van der Waals surface area (Å²) in [4.78, 5) is 180. The van der Waals surface area contributed by atoms with Gasteiger partial charge >= 0.3 is 47.8 Å². The van der Waals surface area contributed by atoms with E-state index in [1.54, 1.807) is 32.9 Å². The summed E-state index contributed by atoms with van der Waals surface area (Å²) in [6, 6.07) is -2.41. The molecule has 0 bridgehead atoms. The van der Waals surface area contributed by atoms with Gasteiger partial charge in [0.2, 0.25) is 23.6 Å². The third kappa shape index (κ3) is 36.4. The number of unbranched alkanes of at least 4 members (excludes halogenated alkanes) is 5. The first-order chi connectivity index (χ1) is 46.4. The summed E-state index contributed by atoms with van der Waals surface area (Å²) in [7, 11) is -0.927. The zero-order valence-corrected chi connectivity index (χ0v) is 58.1. The number of amides is 7. The fraction of sp³-hybridized carbons (Fsp3) is 0.688. The van der Waals surface area contributed by atoms with E-state index in [2.05, 4.69) is 31.9 Å². The number of benzene rings is 1. The minimum atomic E-state index is -1.65. The van der Waals surface area contributed by atoms with Crippen LogP contribution >= 0.6 is 0 Å². The number of hydrogen-bond acceptors (Lipinski definition) is 19. The van der Waals surface area contributed by atoms with Gasteiger partial charge in [-0.2, -0.15) is 4.39 Å². The summed E-state index contributed by atoms with van der Waals surface area (Å²) in [5, 5.41) is 96.5. The van der Waals surface area contributed by atoms with Gasteiger partial charge in [0.05, 0.1) is 30.0 Å². The van der Waals surface area contributed by atoms with Crippen LogP contribution in [0.1, 0.15) is 155 Å². The van der Waals surface area contributed by atoms with Crippen molar-refractivity contribution < 1.29 is 112 Å². The van der Waals surface area contributed by atoms with Gasteiger partial charge in [-0.05, 0) is 109 Å². The van der Waals surface area contributed by atoms with E-state index in [1.807, 2.05) is 26.1 Å². The Balaban J connectivity index is 2.10. The second kappa shape index (κ2) is 44.7. The maximum Gasteiger partial charge on any atom is 0.326 e. The average molecular weight is 1430 g/mol. The minimum absolute atomic E-state index is 0.0157. The molecule has 0 spiro atoms. The molecule has 1 aromatic carbocycles. The number of nitrogens with one attached hydrogen (secondary N) is 7. The topological polar surface area (TPSA) is 501 Å². The summed E-state index contributed by atoms with van der Waals surface area (Å²) in [5.74, 6) is -14.0. The highest BCUT2D eigenvalue weighted by Crippen LogP contribution is 2.40. The van der Waals surface area contributed by atoms with E-state index >= 15 is 4.39 Å². The van der Waals surface area contributed by atoms with Crippen LogP contribution in [0.3, 0.4) is 0 Å². The van der Waals surface area contributed by atoms with Crippen molar-refractivity contribution in [2.75, 3.05) is 91.6 Å². The monoisotopic (exact) mass is 1430 g/mol. The van der Waals surface area contributed by atoms with Crippen LogP contribution in [0, 0.1) is 5.41 Å². The van der Waals surface area contributed by atoms with E-state index in [9.17, 15) is 103 Å². The second-order valence-corrected chi connectivity index (χ2v) is 29.0. The van der Waals surface area contributed by atoms with Crippen LogP contribution in [0.4, 0.5) is 9.18 Å². The molecule has 2 rings (SSSR count). The molecule has 0 aliphatic carbocycles. The highest BCUT2D eigenvalue weighted by molar-refractivity contribution is 7.98. The molecule has 1 aromatic rings. The second-order valence-electron chi connectivity index (χ2n) is 26.2. The molecule has 0 saturated carbocycles. The Morgan fingerprint density at radius 1 is 0.475 bits per heavy atom. The van der Waals surface area contributed by atoms with Gasteiger partial charge in [0.15, 0.2) is 4.90 Å². The third-order valence-corrected chi connectivity index (χ3v) is 19.1. The molecule has 14 N–H and O–H groups in total. The Kier molecular flexibility index (Phi) is 39.2. The number of hydrogen-bond donors (Lipinski definition) is 14. The third-order valence-electron chi connectivity index (χ3n) is 15.9. The maximum atomic E-state index is 16.0. The lowest BCUT2D eigenvalue weighted by Gasteiger charge is -2.35. The SMILES string of the molecule is CC(C)(C)[C@H](F)[S+](c1ccc(C(=O)NC[C@H](NC(=O)CC[C@H](C(=O)O)N2CCN(CC(=O)[O-])CCN(CC(=O)O)CCN(CC(=O)O)CC2)C(=O)N[C@@H](CCCCNC(=O)CCCCCCC(=O)NCCCC[C@H](NC(=O)N[C@@H](CCC(=O)O)C(=O)O)C(=O)O)C(=O)O)cc1)C(C)(C)C. The summed E-state index contributed by atoms with van der Waals surface area (Å²) >= 11 is 0. The van der Waals surface area contributed by atoms with Crippen LogP contribution in [0.2, 0.25) is 0 Å². The van der Waals surface area contributed by atoms with Gasteiger partial charge in [-0.1, -0.05) is 33.6 Å². The van der Waals surface area contributed by atoms with Gasteiger partial charge in [-0.25, -0.2) is 19.2 Å². The fourth-order valence-electron chi connectivity index (χ4n) is 10.5. The zero-order valence-electron chi connectivity index (χ0n) is 57.3. The lowest BCUT2D eigenvalue weighted by Crippen LogP contribution is -2.56. The zero-order chi connectivity index (χ0) is 74.6. The molecule has 1 saturated heterocycles. The molecule has 1 aliphatic heterocycles. The number of halogens is 1. The van der Waals surface area contributed by atoms with Crippen molar-refractivity contribution in [1.82, 2.24) is 56.8 Å². The van der Waals surface area contributed by atoms with Crippen molar-refractivity contribution >= 4 is 94.2 Å². The van der Waals surface area contributed by atoms with Gasteiger partial charge in [-0.15, -0.1) is 0 Å². The van der Waals surface area contributed by atoms with E-state index in [4.69, 9.17) is 5.11 Å². The van der Waals surface area contributed by atoms with Crippen molar-refractivity contribution in [3.05, 3.63) is 29.8 Å². The lowest BCUT2D eigenvalue weighted by atomic mass is 9.99. The Bertz CT molecular complexity index is 2830. The van der Waals surface area contributed by atoms with Crippen molar-refractivity contribution in [3.63, 3.8) is 0 Å². The number of aliphatic carboxylic acids is 8. The van der Waals surface area contributed by atoms with Gasteiger partial charge in [0.25, 0.3) is 11.4 Å². The molecular formula is C64H102FN11O22S. The molecule has 1 heterocycles. The molecule has 7 amide bonds. The van der Waals surface area contributed by atoms with Gasteiger partial charge in [0, 0.05) is 115 Å². The number of carbonyl (C=O) groups is 14. The van der Waals surface area contributed by atoms with Crippen LogP contribution in [0.15, 0.2) is 29.2 Å². The van der Waals surface area contributed by atoms with Crippen LogP contribution in [0.25, 0.3) is 0 Å². The number of alkyl halides is 1. The number of nitrogens with zero attached hydrogens (tertiary/aromatic N) is 4. The minimum Gasteiger partial charge on any atom is -0.549 e. The molecule has 0 aromatic heterocycles. The van der Waals surface area contributed by atoms with Crippen LogP contribution < -0.4 is 42.3 Å². The normalized spacial score (nSPS) is 16.0. The number of carboxylic acid groups (broad SMARTS) is 8. The van der Waals surface area contributed by atoms with Gasteiger partial charge in [-0.3, -0.25) is 62.8 Å². The summed E-state index contributed by atoms with van der Waals surface area (Å²) in [6.07, 6.45) is 1.60. The fourth-order valence-corrected chi connectivity index (χ4v) is 13.2. The molecule has 0 radical (unpaired) electrons. The Morgan fingerprint density at radius 2 is 0.919 bits per heavy atom. The first-order valence-corrected chi connectivity index (χ1v) is 34.3. The molecule has 33 nitrogen and oxygen atoms in total. The smallest absolute Gasteiger partial charge is 0.326 e. The summed E-state index contributed by atoms with van der Waals surface area (Å²) < 4.78 is 15.5. The predicted molar refractivity (Wildman–Crippen MR) is 355 cm³/mol. The van der Waals surface area contributed by atoms with Crippen LogP contribution in [-0.4, -0.2) is 271 Å². The van der Waals surface area contributed by atoms with E-state index in [0.717, 1.165) is 0 Å². The molecule has 7 atom stereocenters. The van der Waals surface area contributed by atoms with Crippen molar-refractivity contribution in [1.29, 1.82) is 0 Å². The van der Waals surface area contributed by atoms with E-state index in [1.165, 1.54) is 31.7 Å². The number of carboxylic acids is 8. The van der Waals surface area contributed by atoms with E-state index in [0.29, 0.717) is 37.0 Å². The van der Waals surface area contributed by atoms with Crippen molar-refractivity contribution in [2.45, 2.75) is 190 Å². The molecule has 35 heteroatoms. The number of carbonyl (C=O) groups excluding carboxylic acids is 7. The first kappa shape index (κ1) is 86.8. The summed E-state index contributed by atoms with van der Waals surface area (Å²) in [5.41, 5.74) is -1.84. The molecule has 1 fully saturated rings. The first-order valence-electron chi connectivity index (χ1n) is 33.0. The average Bonchev–Trinajstić information content (AvgIpc) is 0.796. The molecule has 558 valence electrons. The van der Waals surface area contributed by atoms with Gasteiger partial charge in [0.1, 0.15) is 35.0 Å². The van der Waals surface area contributed by atoms with E-state index in [-0.39, 0.29) is 128 Å². The Morgan fingerprint density at radius 3 is 1.33 bits per heavy atom. The molecule has 99 heavy (non-hydrogen) atoms. The van der Waals surface area contributed by atoms with E-state index < -0.39 is 180 Å². The summed E-state index contributed by atoms with van der Waals surface area (Å²) in [6.45, 7) is 9.26. The quantitative estimate of drug-likeness (QED) is 0.0301. The Hall–Kier alpha value is -8.28. The van der Waals surface area contributed by atoms with Gasteiger partial charge < -0.3 is 82.9 Å². The standard InChI is InChI=1S/C64H102FN11O22S/c1-63(2,3)61(65)99(64(4,5)6)42-21-19-41(20-22-42)55(88)68-37-46(69-50(79)25-24-47(60(96)97)76-35-33-74(39-53(84)85)31-29-73(38-52(82)83)30-32-75(34-36-76)40-54(86)87)56(89)70-43(57(90)91)15-11-13-27-66-48(77)17-9-7-8-10-18-49(78)67-28-14-12-16-44(58(92)93)71-62(98)72-45(59(94)95)23-26-51(80)81/h19-22,43-47,61H,7-18,23-40H2,1-6H3,(H14-,66,67,68,69,70,71,72,77,78,79,80,81,82,83,84,85,86,87,88,89,90,91,92,93,94,95,96,97,98)/t43-,44-,45-,46-,47+,61+,99?/m0/s1. The van der Waals surface area contributed by atoms with Crippen molar-refractivity contribution in [3.8, 4) is 0 Å². The Labute approximate surface area is 577 Å². The lowest BCUT2D eigenvalue weighted by molar-refractivity contribution is -0.306. The van der Waals surface area contributed by atoms with Crippen LogP contribution in [-0.2, 0) is 68.4 Å². The number of urea groups is 1.